The summed E-state index contributed by atoms with van der Waals surface area (Å²) in [5, 5.41) is 2.95. The number of pyridine rings is 1. The Balaban J connectivity index is 1.68. The number of hydrogen-bond donors (Lipinski definition) is 0. The Morgan fingerprint density at radius 1 is 1.43 bits per heavy atom. The minimum absolute atomic E-state index is 0.0800. The molecule has 6 heteroatoms. The van der Waals surface area contributed by atoms with Crippen molar-refractivity contribution in [3.8, 4) is 0 Å². The molecule has 3 heterocycles. The Morgan fingerprint density at radius 3 is 3.00 bits per heavy atom. The highest BCUT2D eigenvalue weighted by Crippen LogP contribution is 2.16. The van der Waals surface area contributed by atoms with Crippen LogP contribution >= 0.6 is 11.3 Å². The van der Waals surface area contributed by atoms with Gasteiger partial charge >= 0.3 is 0 Å². The van der Waals surface area contributed by atoms with Crippen LogP contribution in [0.15, 0.2) is 29.8 Å². The molecule has 1 amide bonds. The van der Waals surface area contributed by atoms with E-state index in [1.165, 1.54) is 0 Å². The van der Waals surface area contributed by atoms with Gasteiger partial charge in [-0.15, -0.1) is 11.3 Å². The molecule has 1 saturated heterocycles. The van der Waals surface area contributed by atoms with Crippen LogP contribution < -0.4 is 0 Å². The molecule has 1 aliphatic rings. The maximum atomic E-state index is 12.7. The normalized spacial score (nSPS) is 17.3. The number of amides is 1. The van der Waals surface area contributed by atoms with Crippen LogP contribution in [0.4, 0.5) is 0 Å². The van der Waals surface area contributed by atoms with Crippen LogP contribution in [0.5, 0.6) is 0 Å². The molecule has 0 N–H and O–H groups in total. The van der Waals surface area contributed by atoms with Crippen molar-refractivity contribution in [3.63, 3.8) is 0 Å². The fraction of sp³-hybridized carbons (Fsp3) is 0.471. The molecule has 0 saturated carbocycles. The third-order valence-electron chi connectivity index (χ3n) is 3.88. The minimum atomic E-state index is 0.0800. The van der Waals surface area contributed by atoms with E-state index in [-0.39, 0.29) is 12.0 Å². The first-order chi connectivity index (χ1) is 11.2. The van der Waals surface area contributed by atoms with E-state index in [0.717, 1.165) is 35.8 Å². The first kappa shape index (κ1) is 16.1. The number of nitrogens with zero attached hydrogens (tertiary/aromatic N) is 3. The molecular weight excluding hydrogens is 310 g/mol. The lowest BCUT2D eigenvalue weighted by Crippen LogP contribution is -2.38. The summed E-state index contributed by atoms with van der Waals surface area (Å²) < 4.78 is 5.70. The van der Waals surface area contributed by atoms with Crippen molar-refractivity contribution in [1.82, 2.24) is 14.9 Å². The number of thiazole rings is 1. The zero-order valence-corrected chi connectivity index (χ0v) is 14.1. The zero-order valence-electron chi connectivity index (χ0n) is 13.3. The van der Waals surface area contributed by atoms with Crippen molar-refractivity contribution in [2.24, 2.45) is 0 Å². The van der Waals surface area contributed by atoms with Gasteiger partial charge in [-0.3, -0.25) is 9.78 Å². The minimum Gasteiger partial charge on any atom is -0.376 e. The molecule has 23 heavy (non-hydrogen) atoms. The van der Waals surface area contributed by atoms with Crippen molar-refractivity contribution in [2.45, 2.75) is 38.8 Å². The molecule has 1 unspecified atom stereocenters. The van der Waals surface area contributed by atoms with Crippen LogP contribution in [0.1, 0.15) is 29.2 Å². The van der Waals surface area contributed by atoms with Gasteiger partial charge < -0.3 is 9.64 Å². The molecule has 122 valence electrons. The van der Waals surface area contributed by atoms with Crippen molar-refractivity contribution in [1.29, 1.82) is 0 Å². The van der Waals surface area contributed by atoms with Gasteiger partial charge in [0.05, 0.1) is 35.5 Å². The molecule has 2 aromatic heterocycles. The second-order valence-corrected chi connectivity index (χ2v) is 6.83. The van der Waals surface area contributed by atoms with Gasteiger partial charge in [0.25, 0.3) is 0 Å². The maximum Gasteiger partial charge on any atom is 0.229 e. The Kier molecular flexibility index (Phi) is 5.35. The average molecular weight is 331 g/mol. The van der Waals surface area contributed by atoms with Crippen LogP contribution in [0, 0.1) is 6.92 Å². The molecule has 1 fully saturated rings. The number of aromatic nitrogens is 2. The summed E-state index contributed by atoms with van der Waals surface area (Å²) in [7, 11) is 0. The fourth-order valence-electron chi connectivity index (χ4n) is 2.73. The van der Waals surface area contributed by atoms with Gasteiger partial charge in [-0.25, -0.2) is 4.98 Å². The van der Waals surface area contributed by atoms with Crippen molar-refractivity contribution in [3.05, 3.63) is 46.2 Å². The molecular formula is C17H21N3O2S. The summed E-state index contributed by atoms with van der Waals surface area (Å²) in [5.41, 5.74) is 1.74. The smallest absolute Gasteiger partial charge is 0.229 e. The lowest BCUT2D eigenvalue weighted by atomic mass is 10.2. The molecule has 1 atom stereocenters. The van der Waals surface area contributed by atoms with E-state index in [2.05, 4.69) is 9.97 Å². The number of aryl methyl sites for hydroxylation is 1. The van der Waals surface area contributed by atoms with E-state index >= 15 is 0 Å². The second-order valence-electron chi connectivity index (χ2n) is 5.77. The number of rotatable bonds is 6. The second kappa shape index (κ2) is 7.66. The molecule has 0 bridgehead atoms. The Labute approximate surface area is 140 Å². The quantitative estimate of drug-likeness (QED) is 0.816. The molecule has 5 nitrogen and oxygen atoms in total. The van der Waals surface area contributed by atoms with E-state index in [9.17, 15) is 4.79 Å². The Bertz CT molecular complexity index is 638. The van der Waals surface area contributed by atoms with Gasteiger partial charge in [-0.05, 0) is 31.9 Å². The summed E-state index contributed by atoms with van der Waals surface area (Å²) in [6.07, 6.45) is 4.32. The van der Waals surface area contributed by atoms with Gasteiger partial charge in [-0.2, -0.15) is 0 Å². The maximum absolute atomic E-state index is 12.7. The summed E-state index contributed by atoms with van der Waals surface area (Å²) in [6.45, 7) is 3.89. The van der Waals surface area contributed by atoms with E-state index in [1.54, 1.807) is 17.5 Å². The predicted octanol–water partition coefficient (Wildman–Crippen LogP) is 2.60. The van der Waals surface area contributed by atoms with E-state index in [1.807, 2.05) is 35.4 Å². The zero-order chi connectivity index (χ0) is 16.1. The molecule has 0 aromatic carbocycles. The number of carbonyl (C=O) groups excluding carboxylic acids is 1. The monoisotopic (exact) mass is 331 g/mol. The molecule has 2 aromatic rings. The first-order valence-corrected chi connectivity index (χ1v) is 8.79. The summed E-state index contributed by atoms with van der Waals surface area (Å²) in [4.78, 5) is 23.3. The number of carbonyl (C=O) groups is 1. The lowest BCUT2D eigenvalue weighted by Gasteiger charge is -2.25. The van der Waals surface area contributed by atoms with E-state index in [0.29, 0.717) is 19.5 Å². The largest absolute Gasteiger partial charge is 0.376 e. The van der Waals surface area contributed by atoms with Crippen LogP contribution in [-0.4, -0.2) is 40.0 Å². The topological polar surface area (TPSA) is 55.3 Å². The van der Waals surface area contributed by atoms with Crippen LogP contribution in [0.2, 0.25) is 0 Å². The van der Waals surface area contributed by atoms with Gasteiger partial charge in [0.2, 0.25) is 5.91 Å². The van der Waals surface area contributed by atoms with E-state index in [4.69, 9.17) is 4.74 Å². The molecule has 0 spiro atoms. The molecule has 1 aliphatic heterocycles. The highest BCUT2D eigenvalue weighted by Gasteiger charge is 2.23. The SMILES string of the molecule is Cc1nc(CC(=O)N(Cc2ccccn2)CC2CCCO2)cs1. The number of ether oxygens (including phenoxy) is 1. The lowest BCUT2D eigenvalue weighted by molar-refractivity contribution is -0.132. The van der Waals surface area contributed by atoms with Gasteiger partial charge in [-0.1, -0.05) is 6.07 Å². The van der Waals surface area contributed by atoms with Crippen molar-refractivity contribution < 1.29 is 9.53 Å². The van der Waals surface area contributed by atoms with Gasteiger partial charge in [0.1, 0.15) is 0 Å². The molecule has 0 aliphatic carbocycles. The van der Waals surface area contributed by atoms with Gasteiger partial charge in [0, 0.05) is 24.7 Å². The summed E-state index contributed by atoms with van der Waals surface area (Å²) in [6, 6.07) is 5.78. The Hall–Kier alpha value is -1.79. The van der Waals surface area contributed by atoms with E-state index < -0.39 is 0 Å². The predicted molar refractivity (Wildman–Crippen MR) is 89.2 cm³/mol. The molecule has 3 rings (SSSR count). The Morgan fingerprint density at radius 2 is 2.35 bits per heavy atom. The summed E-state index contributed by atoms with van der Waals surface area (Å²) >= 11 is 1.58. The van der Waals surface area contributed by atoms with Gasteiger partial charge in [0.15, 0.2) is 0 Å². The number of hydrogen-bond acceptors (Lipinski definition) is 5. The van der Waals surface area contributed by atoms with Crippen LogP contribution in [-0.2, 0) is 22.5 Å². The highest BCUT2D eigenvalue weighted by molar-refractivity contribution is 7.09. The standard InChI is InChI=1S/C17H21N3O2S/c1-13-19-15(12-23-13)9-17(21)20(11-16-6-4-8-22-16)10-14-5-2-3-7-18-14/h2-3,5,7,12,16H,4,6,8-11H2,1H3. The summed E-state index contributed by atoms with van der Waals surface area (Å²) in [5.74, 6) is 0.0800. The third-order valence-corrected chi connectivity index (χ3v) is 4.70. The van der Waals surface area contributed by atoms with Crippen molar-refractivity contribution >= 4 is 17.2 Å². The first-order valence-electron chi connectivity index (χ1n) is 7.91. The fourth-order valence-corrected chi connectivity index (χ4v) is 3.34. The van der Waals surface area contributed by atoms with Crippen LogP contribution in [0.25, 0.3) is 0 Å². The average Bonchev–Trinajstić information content (AvgIpc) is 3.19. The third kappa shape index (κ3) is 4.59. The molecule has 0 radical (unpaired) electrons. The van der Waals surface area contributed by atoms with Crippen LogP contribution in [0.3, 0.4) is 0 Å². The highest BCUT2D eigenvalue weighted by atomic mass is 32.1. The van der Waals surface area contributed by atoms with Crippen molar-refractivity contribution in [2.75, 3.05) is 13.2 Å².